The van der Waals surface area contributed by atoms with Crippen molar-refractivity contribution in [2.24, 2.45) is 5.92 Å². The highest BCUT2D eigenvalue weighted by atomic mass is 35.5. The zero-order valence-corrected chi connectivity index (χ0v) is 13.0. The van der Waals surface area contributed by atoms with E-state index < -0.39 is 29.7 Å². The number of benzene rings is 1. The lowest BCUT2D eigenvalue weighted by Crippen LogP contribution is -2.49. The molecule has 1 aliphatic heterocycles. The molecule has 1 saturated heterocycles. The Morgan fingerprint density at radius 1 is 1.30 bits per heavy atom. The second-order valence-electron chi connectivity index (χ2n) is 5.71. The molecule has 2 atom stereocenters. The average molecular weight is 350 g/mol. The molecule has 1 aliphatic rings. The Labute approximate surface area is 135 Å². The SMILES string of the molecule is CC1CCN(C(=O)c2cc(Cl)cc(C(F)(F)F)c2)C(C(=O)O)C1. The van der Waals surface area contributed by atoms with Crippen LogP contribution in [0, 0.1) is 5.92 Å². The van der Waals surface area contributed by atoms with Gasteiger partial charge in [0.1, 0.15) is 6.04 Å². The third-order valence-electron chi connectivity index (χ3n) is 3.88. The van der Waals surface area contributed by atoms with Crippen molar-refractivity contribution in [3.05, 3.63) is 34.3 Å². The minimum absolute atomic E-state index is 0.130. The largest absolute Gasteiger partial charge is 0.480 e. The van der Waals surface area contributed by atoms with Gasteiger partial charge in [0.15, 0.2) is 0 Å². The molecule has 0 saturated carbocycles. The van der Waals surface area contributed by atoms with Crippen LogP contribution in [-0.2, 0) is 11.0 Å². The lowest BCUT2D eigenvalue weighted by atomic mass is 9.91. The van der Waals surface area contributed by atoms with Gasteiger partial charge in [0.05, 0.1) is 5.56 Å². The predicted molar refractivity (Wildman–Crippen MR) is 77.3 cm³/mol. The van der Waals surface area contributed by atoms with Crippen molar-refractivity contribution in [3.8, 4) is 0 Å². The van der Waals surface area contributed by atoms with Crippen LogP contribution in [0.2, 0.25) is 5.02 Å². The van der Waals surface area contributed by atoms with Gasteiger partial charge in [-0.1, -0.05) is 18.5 Å². The third-order valence-corrected chi connectivity index (χ3v) is 4.10. The first-order chi connectivity index (χ1) is 10.6. The molecule has 1 amide bonds. The number of piperidine rings is 1. The van der Waals surface area contributed by atoms with Gasteiger partial charge in [-0.2, -0.15) is 13.2 Å². The number of carboxylic acids is 1. The highest BCUT2D eigenvalue weighted by Gasteiger charge is 2.37. The minimum Gasteiger partial charge on any atom is -0.480 e. The number of carboxylic acid groups (broad SMARTS) is 1. The maximum atomic E-state index is 12.8. The van der Waals surface area contributed by atoms with Gasteiger partial charge in [0, 0.05) is 17.1 Å². The molecular formula is C15H15ClF3NO3. The highest BCUT2D eigenvalue weighted by Crippen LogP contribution is 2.33. The monoisotopic (exact) mass is 349 g/mol. The number of aliphatic carboxylic acids is 1. The van der Waals surface area contributed by atoms with E-state index in [1.54, 1.807) is 0 Å². The molecule has 4 nitrogen and oxygen atoms in total. The van der Waals surface area contributed by atoms with Gasteiger partial charge in [-0.15, -0.1) is 0 Å². The average Bonchev–Trinajstić information content (AvgIpc) is 2.44. The summed E-state index contributed by atoms with van der Waals surface area (Å²) < 4.78 is 38.5. The van der Waals surface area contributed by atoms with Gasteiger partial charge in [0.2, 0.25) is 0 Å². The van der Waals surface area contributed by atoms with E-state index in [-0.39, 0.29) is 29.5 Å². The van der Waals surface area contributed by atoms with Crippen LogP contribution in [0.15, 0.2) is 18.2 Å². The summed E-state index contributed by atoms with van der Waals surface area (Å²) in [7, 11) is 0. The third kappa shape index (κ3) is 3.96. The highest BCUT2D eigenvalue weighted by molar-refractivity contribution is 6.31. The van der Waals surface area contributed by atoms with E-state index >= 15 is 0 Å². The first-order valence-electron chi connectivity index (χ1n) is 7.01. The molecule has 0 aromatic heterocycles. The quantitative estimate of drug-likeness (QED) is 0.886. The molecular weight excluding hydrogens is 335 g/mol. The van der Waals surface area contributed by atoms with Gasteiger partial charge < -0.3 is 10.0 Å². The Hall–Kier alpha value is -1.76. The molecule has 0 radical (unpaired) electrons. The number of amides is 1. The van der Waals surface area contributed by atoms with Crippen molar-refractivity contribution >= 4 is 23.5 Å². The summed E-state index contributed by atoms with van der Waals surface area (Å²) in [6, 6.07) is 1.51. The Balaban J connectivity index is 2.36. The van der Waals surface area contributed by atoms with Crippen molar-refractivity contribution in [1.29, 1.82) is 0 Å². The molecule has 0 aliphatic carbocycles. The van der Waals surface area contributed by atoms with E-state index in [9.17, 15) is 27.9 Å². The van der Waals surface area contributed by atoms with Crippen LogP contribution < -0.4 is 0 Å². The van der Waals surface area contributed by atoms with Crippen LogP contribution in [0.1, 0.15) is 35.7 Å². The molecule has 1 fully saturated rings. The molecule has 0 spiro atoms. The van der Waals surface area contributed by atoms with Crippen molar-refractivity contribution < 1.29 is 27.9 Å². The zero-order chi connectivity index (χ0) is 17.4. The summed E-state index contributed by atoms with van der Waals surface area (Å²) in [6.07, 6.45) is -3.77. The molecule has 8 heteroatoms. The van der Waals surface area contributed by atoms with E-state index in [1.165, 1.54) is 0 Å². The maximum Gasteiger partial charge on any atom is 0.416 e. The number of hydrogen-bond donors (Lipinski definition) is 1. The Morgan fingerprint density at radius 3 is 2.52 bits per heavy atom. The summed E-state index contributed by atoms with van der Waals surface area (Å²) in [5.41, 5.74) is -1.30. The van der Waals surface area contributed by atoms with Crippen LogP contribution in [0.3, 0.4) is 0 Å². The van der Waals surface area contributed by atoms with Crippen molar-refractivity contribution in [1.82, 2.24) is 4.90 Å². The van der Waals surface area contributed by atoms with E-state index in [0.717, 1.165) is 17.0 Å². The normalized spacial score (nSPS) is 22.0. The summed E-state index contributed by atoms with van der Waals surface area (Å²) in [6.45, 7) is 2.06. The minimum atomic E-state index is -4.64. The second-order valence-corrected chi connectivity index (χ2v) is 6.14. The zero-order valence-electron chi connectivity index (χ0n) is 12.2. The van der Waals surface area contributed by atoms with Gasteiger partial charge in [0.25, 0.3) is 5.91 Å². The number of alkyl halides is 3. The molecule has 1 aromatic rings. The Morgan fingerprint density at radius 2 is 1.96 bits per heavy atom. The van der Waals surface area contributed by atoms with Crippen LogP contribution in [-0.4, -0.2) is 34.5 Å². The van der Waals surface area contributed by atoms with Crippen LogP contribution >= 0.6 is 11.6 Å². The smallest absolute Gasteiger partial charge is 0.416 e. The number of hydrogen-bond acceptors (Lipinski definition) is 2. The number of likely N-dealkylation sites (tertiary alicyclic amines) is 1. The molecule has 0 bridgehead atoms. The first-order valence-corrected chi connectivity index (χ1v) is 7.39. The first kappa shape index (κ1) is 17.6. The fraction of sp³-hybridized carbons (Fsp3) is 0.467. The van der Waals surface area contributed by atoms with Gasteiger partial charge in [-0.05, 0) is 37.0 Å². The Bertz CT molecular complexity index is 633. The summed E-state index contributed by atoms with van der Waals surface area (Å²) in [5, 5.41) is 9.04. The fourth-order valence-electron chi connectivity index (χ4n) is 2.66. The standard InChI is InChI=1S/C15H15ClF3NO3/c1-8-2-3-20(12(4-8)14(22)23)13(21)9-5-10(15(17,18)19)7-11(16)6-9/h5-8,12H,2-4H2,1H3,(H,22,23). The van der Waals surface area contributed by atoms with Crippen molar-refractivity contribution in [2.75, 3.05) is 6.54 Å². The molecule has 1 heterocycles. The van der Waals surface area contributed by atoms with E-state index in [1.807, 2.05) is 6.92 Å². The van der Waals surface area contributed by atoms with Crippen LogP contribution in [0.5, 0.6) is 0 Å². The predicted octanol–water partition coefficient (Wildman–Crippen LogP) is 3.68. The fourth-order valence-corrected chi connectivity index (χ4v) is 2.90. The summed E-state index contributed by atoms with van der Waals surface area (Å²) in [5.74, 6) is -1.79. The molecule has 2 unspecified atom stereocenters. The van der Waals surface area contributed by atoms with E-state index in [0.29, 0.717) is 12.5 Å². The van der Waals surface area contributed by atoms with Crippen LogP contribution in [0.4, 0.5) is 13.2 Å². The summed E-state index contributed by atoms with van der Waals surface area (Å²) in [4.78, 5) is 24.9. The van der Waals surface area contributed by atoms with Crippen molar-refractivity contribution in [3.63, 3.8) is 0 Å². The topological polar surface area (TPSA) is 57.6 Å². The van der Waals surface area contributed by atoms with Crippen LogP contribution in [0.25, 0.3) is 0 Å². The van der Waals surface area contributed by atoms with Gasteiger partial charge in [-0.25, -0.2) is 4.79 Å². The number of rotatable bonds is 2. The van der Waals surface area contributed by atoms with Gasteiger partial charge >= 0.3 is 12.1 Å². The molecule has 126 valence electrons. The molecule has 2 rings (SSSR count). The number of halogens is 4. The van der Waals surface area contributed by atoms with Gasteiger partial charge in [-0.3, -0.25) is 4.79 Å². The Kier molecular flexibility index (Phi) is 4.89. The molecule has 1 aromatic carbocycles. The molecule has 1 N–H and O–H groups in total. The maximum absolute atomic E-state index is 12.8. The summed E-state index contributed by atoms with van der Waals surface area (Å²) >= 11 is 5.67. The lowest BCUT2D eigenvalue weighted by Gasteiger charge is -2.36. The number of nitrogens with zero attached hydrogens (tertiary/aromatic N) is 1. The van der Waals surface area contributed by atoms with E-state index in [2.05, 4.69) is 0 Å². The molecule has 23 heavy (non-hydrogen) atoms. The number of carbonyl (C=O) groups excluding carboxylic acids is 1. The second kappa shape index (κ2) is 6.39. The number of carbonyl (C=O) groups is 2. The van der Waals surface area contributed by atoms with Crippen molar-refractivity contribution in [2.45, 2.75) is 32.0 Å². The van der Waals surface area contributed by atoms with E-state index in [4.69, 9.17) is 11.6 Å². The lowest BCUT2D eigenvalue weighted by molar-refractivity contribution is -0.144.